The predicted molar refractivity (Wildman–Crippen MR) is 71.4 cm³/mol. The van der Waals surface area contributed by atoms with E-state index in [1.54, 1.807) is 17.1 Å². The van der Waals surface area contributed by atoms with Crippen molar-refractivity contribution in [1.29, 1.82) is 0 Å². The van der Waals surface area contributed by atoms with Gasteiger partial charge in [0, 0.05) is 24.5 Å². The van der Waals surface area contributed by atoms with E-state index in [4.69, 9.17) is 5.73 Å². The van der Waals surface area contributed by atoms with E-state index in [2.05, 4.69) is 15.5 Å². The molecular formula is C12H18N6O. The highest BCUT2D eigenvalue weighted by Crippen LogP contribution is 2.05. The number of nitrogens with zero attached hydrogens (tertiary/aromatic N) is 4. The van der Waals surface area contributed by atoms with E-state index >= 15 is 0 Å². The number of nitrogen functional groups attached to an aromatic ring is 1. The number of aryl methyl sites for hydroxylation is 2. The molecule has 0 spiro atoms. The maximum Gasteiger partial charge on any atom is 0.241 e. The summed E-state index contributed by atoms with van der Waals surface area (Å²) in [5.41, 5.74) is 7.60. The third-order valence-electron chi connectivity index (χ3n) is 2.71. The van der Waals surface area contributed by atoms with Crippen LogP contribution in [0.5, 0.6) is 0 Å². The zero-order valence-corrected chi connectivity index (χ0v) is 11.1. The van der Waals surface area contributed by atoms with E-state index in [0.717, 1.165) is 11.1 Å². The largest absolute Gasteiger partial charge is 0.382 e. The minimum absolute atomic E-state index is 0.0913. The number of hydrogen-bond acceptors (Lipinski definition) is 4. The molecule has 0 aliphatic carbocycles. The third-order valence-corrected chi connectivity index (χ3v) is 2.71. The Balaban J connectivity index is 1.75. The van der Waals surface area contributed by atoms with Gasteiger partial charge in [0.05, 0.1) is 12.7 Å². The van der Waals surface area contributed by atoms with Crippen molar-refractivity contribution in [1.82, 2.24) is 24.9 Å². The number of carbonyl (C=O) groups is 1. The van der Waals surface area contributed by atoms with Crippen LogP contribution in [-0.4, -0.2) is 32.0 Å². The SMILES string of the molecule is Cc1cnn(CCNC(=O)Cn2cc(C)c(N)n2)c1. The van der Waals surface area contributed by atoms with Crippen molar-refractivity contribution in [3.05, 3.63) is 29.7 Å². The lowest BCUT2D eigenvalue weighted by atomic mass is 10.4. The summed E-state index contributed by atoms with van der Waals surface area (Å²) < 4.78 is 3.34. The van der Waals surface area contributed by atoms with Crippen LogP contribution in [0.15, 0.2) is 18.6 Å². The van der Waals surface area contributed by atoms with Crippen molar-refractivity contribution in [2.24, 2.45) is 0 Å². The minimum atomic E-state index is -0.0913. The lowest BCUT2D eigenvalue weighted by molar-refractivity contribution is -0.121. The van der Waals surface area contributed by atoms with Gasteiger partial charge >= 0.3 is 0 Å². The first-order valence-corrected chi connectivity index (χ1v) is 6.10. The first-order valence-electron chi connectivity index (χ1n) is 6.10. The van der Waals surface area contributed by atoms with E-state index in [-0.39, 0.29) is 12.5 Å². The monoisotopic (exact) mass is 262 g/mol. The number of carbonyl (C=O) groups excluding carboxylic acids is 1. The molecule has 0 aromatic carbocycles. The summed E-state index contributed by atoms with van der Waals surface area (Å²) in [5.74, 6) is 0.367. The predicted octanol–water partition coefficient (Wildman–Crippen LogP) is 0.0950. The Morgan fingerprint density at radius 3 is 2.74 bits per heavy atom. The summed E-state index contributed by atoms with van der Waals surface area (Å²) in [4.78, 5) is 11.7. The van der Waals surface area contributed by atoms with Gasteiger partial charge in [-0.05, 0) is 19.4 Å². The van der Waals surface area contributed by atoms with Crippen LogP contribution in [0.25, 0.3) is 0 Å². The topological polar surface area (TPSA) is 90.8 Å². The molecule has 0 saturated heterocycles. The summed E-state index contributed by atoms with van der Waals surface area (Å²) in [6, 6.07) is 0. The van der Waals surface area contributed by atoms with Gasteiger partial charge in [0.1, 0.15) is 12.4 Å². The van der Waals surface area contributed by atoms with Gasteiger partial charge in [-0.3, -0.25) is 14.2 Å². The standard InChI is InChI=1S/C12H18N6O/c1-9-5-15-17(6-9)4-3-14-11(19)8-18-7-10(2)12(13)16-18/h5-7H,3-4,8H2,1-2H3,(H2,13,16)(H,14,19). The van der Waals surface area contributed by atoms with Gasteiger partial charge in [0.15, 0.2) is 0 Å². The van der Waals surface area contributed by atoms with Crippen LogP contribution in [0.4, 0.5) is 5.82 Å². The fourth-order valence-electron chi connectivity index (χ4n) is 1.72. The summed E-state index contributed by atoms with van der Waals surface area (Å²) in [6.45, 7) is 5.20. The Hall–Kier alpha value is -2.31. The van der Waals surface area contributed by atoms with E-state index in [1.807, 2.05) is 20.0 Å². The average Bonchev–Trinajstić information content (AvgIpc) is 2.86. The maximum absolute atomic E-state index is 11.7. The summed E-state index contributed by atoms with van der Waals surface area (Å²) in [7, 11) is 0. The molecule has 102 valence electrons. The van der Waals surface area contributed by atoms with Crippen LogP contribution in [0, 0.1) is 13.8 Å². The summed E-state index contributed by atoms with van der Waals surface area (Å²) in [5, 5.41) is 11.0. The number of amides is 1. The highest BCUT2D eigenvalue weighted by Gasteiger charge is 2.06. The fraction of sp³-hybridized carbons (Fsp3) is 0.417. The number of hydrogen-bond donors (Lipinski definition) is 2. The molecule has 3 N–H and O–H groups in total. The smallest absolute Gasteiger partial charge is 0.241 e. The Bertz CT molecular complexity index is 551. The molecule has 2 aromatic rings. The van der Waals surface area contributed by atoms with E-state index in [9.17, 15) is 4.79 Å². The summed E-state index contributed by atoms with van der Waals surface area (Å²) >= 11 is 0. The van der Waals surface area contributed by atoms with Crippen LogP contribution in [0.1, 0.15) is 11.1 Å². The minimum Gasteiger partial charge on any atom is -0.382 e. The Labute approximate surface area is 111 Å². The Kier molecular flexibility index (Phi) is 3.84. The highest BCUT2D eigenvalue weighted by atomic mass is 16.2. The number of nitrogens with one attached hydrogen (secondary N) is 1. The van der Waals surface area contributed by atoms with Gasteiger partial charge in [-0.1, -0.05) is 0 Å². The van der Waals surface area contributed by atoms with Gasteiger partial charge in [-0.2, -0.15) is 10.2 Å². The molecule has 0 saturated carbocycles. The molecule has 0 unspecified atom stereocenters. The van der Waals surface area contributed by atoms with Gasteiger partial charge in [0.2, 0.25) is 5.91 Å². The van der Waals surface area contributed by atoms with E-state index in [0.29, 0.717) is 18.9 Å². The lowest BCUT2D eigenvalue weighted by Gasteiger charge is -2.05. The van der Waals surface area contributed by atoms with Gasteiger partial charge in [-0.15, -0.1) is 0 Å². The van der Waals surface area contributed by atoms with Crippen molar-refractivity contribution in [3.8, 4) is 0 Å². The number of nitrogens with two attached hydrogens (primary N) is 1. The normalized spacial score (nSPS) is 10.6. The molecule has 2 heterocycles. The molecule has 19 heavy (non-hydrogen) atoms. The van der Waals surface area contributed by atoms with Crippen LogP contribution in [0.3, 0.4) is 0 Å². The molecule has 7 nitrogen and oxygen atoms in total. The molecule has 0 aliphatic rings. The van der Waals surface area contributed by atoms with Crippen LogP contribution < -0.4 is 11.1 Å². The first kappa shape index (κ1) is 13.1. The van der Waals surface area contributed by atoms with Crippen LogP contribution >= 0.6 is 0 Å². The second-order valence-corrected chi connectivity index (χ2v) is 4.53. The molecule has 2 rings (SSSR count). The molecule has 0 aliphatic heterocycles. The molecule has 2 aromatic heterocycles. The third kappa shape index (κ3) is 3.57. The maximum atomic E-state index is 11.7. The van der Waals surface area contributed by atoms with Crippen molar-refractivity contribution in [2.75, 3.05) is 12.3 Å². The van der Waals surface area contributed by atoms with Crippen LogP contribution in [-0.2, 0) is 17.9 Å². The lowest BCUT2D eigenvalue weighted by Crippen LogP contribution is -2.30. The Morgan fingerprint density at radius 2 is 2.16 bits per heavy atom. The molecule has 7 heteroatoms. The number of rotatable bonds is 5. The van der Waals surface area contributed by atoms with Gasteiger partial charge in [-0.25, -0.2) is 0 Å². The second-order valence-electron chi connectivity index (χ2n) is 4.53. The number of anilines is 1. The fourth-order valence-corrected chi connectivity index (χ4v) is 1.72. The quantitative estimate of drug-likeness (QED) is 0.799. The molecule has 1 amide bonds. The highest BCUT2D eigenvalue weighted by molar-refractivity contribution is 5.75. The van der Waals surface area contributed by atoms with Crippen molar-refractivity contribution >= 4 is 11.7 Å². The second kappa shape index (κ2) is 5.55. The average molecular weight is 262 g/mol. The zero-order chi connectivity index (χ0) is 13.8. The molecule has 0 fully saturated rings. The molecule has 0 bridgehead atoms. The van der Waals surface area contributed by atoms with Crippen molar-refractivity contribution < 1.29 is 4.79 Å². The molecular weight excluding hydrogens is 244 g/mol. The van der Waals surface area contributed by atoms with Gasteiger partial charge in [0.25, 0.3) is 0 Å². The van der Waals surface area contributed by atoms with E-state index < -0.39 is 0 Å². The zero-order valence-electron chi connectivity index (χ0n) is 11.1. The first-order chi connectivity index (χ1) is 9.04. The van der Waals surface area contributed by atoms with Crippen molar-refractivity contribution in [3.63, 3.8) is 0 Å². The van der Waals surface area contributed by atoms with Crippen LogP contribution in [0.2, 0.25) is 0 Å². The number of aromatic nitrogens is 4. The van der Waals surface area contributed by atoms with E-state index in [1.165, 1.54) is 4.68 Å². The molecule has 0 atom stereocenters. The van der Waals surface area contributed by atoms with Gasteiger partial charge < -0.3 is 11.1 Å². The Morgan fingerprint density at radius 1 is 1.37 bits per heavy atom. The summed E-state index contributed by atoms with van der Waals surface area (Å²) in [6.07, 6.45) is 5.48. The molecule has 0 radical (unpaired) electrons. The van der Waals surface area contributed by atoms with Crippen molar-refractivity contribution in [2.45, 2.75) is 26.9 Å².